The lowest BCUT2D eigenvalue weighted by molar-refractivity contribution is -0.113. The lowest BCUT2D eigenvalue weighted by atomic mass is 10.3. The summed E-state index contributed by atoms with van der Waals surface area (Å²) in [6.45, 7) is 6.43. The third kappa shape index (κ3) is 4.55. The highest BCUT2D eigenvalue weighted by Gasteiger charge is 2.15. The van der Waals surface area contributed by atoms with Gasteiger partial charge in [-0.25, -0.2) is 0 Å². The Morgan fingerprint density at radius 3 is 2.96 bits per heavy atom. The summed E-state index contributed by atoms with van der Waals surface area (Å²) in [5.74, 6) is 0.884. The molecule has 5 nitrogen and oxygen atoms in total. The monoisotopic (exact) mass is 404 g/mol. The SMILES string of the molecule is C=CCn1c(SCC(=O)Nc2cccc(Cl)c2)nnc1-c1csc(C)c1. The minimum atomic E-state index is -0.127. The molecular weight excluding hydrogens is 388 g/mol. The highest BCUT2D eigenvalue weighted by atomic mass is 35.5. The van der Waals surface area contributed by atoms with E-state index < -0.39 is 0 Å². The van der Waals surface area contributed by atoms with Crippen molar-refractivity contribution in [1.82, 2.24) is 14.8 Å². The molecule has 0 saturated heterocycles. The molecule has 134 valence electrons. The van der Waals surface area contributed by atoms with Gasteiger partial charge in [-0.3, -0.25) is 9.36 Å². The number of rotatable bonds is 7. The third-order valence-corrected chi connectivity index (χ3v) is 5.52. The Morgan fingerprint density at radius 1 is 1.42 bits per heavy atom. The molecule has 0 aliphatic heterocycles. The van der Waals surface area contributed by atoms with Gasteiger partial charge in [0.1, 0.15) is 0 Å². The Morgan fingerprint density at radius 2 is 2.27 bits per heavy atom. The maximum Gasteiger partial charge on any atom is 0.234 e. The van der Waals surface area contributed by atoms with E-state index in [4.69, 9.17) is 11.6 Å². The van der Waals surface area contributed by atoms with Gasteiger partial charge in [0.05, 0.1) is 5.75 Å². The zero-order valence-corrected chi connectivity index (χ0v) is 16.5. The normalized spacial score (nSPS) is 10.7. The topological polar surface area (TPSA) is 59.8 Å². The number of benzene rings is 1. The molecule has 2 heterocycles. The number of hydrogen-bond acceptors (Lipinski definition) is 5. The van der Waals surface area contributed by atoms with E-state index >= 15 is 0 Å². The van der Waals surface area contributed by atoms with Crippen LogP contribution in [0.4, 0.5) is 5.69 Å². The molecule has 2 aromatic heterocycles. The first-order valence-corrected chi connectivity index (χ1v) is 10.1. The van der Waals surface area contributed by atoms with Crippen LogP contribution in [0.2, 0.25) is 5.02 Å². The van der Waals surface area contributed by atoms with Crippen molar-refractivity contribution in [2.45, 2.75) is 18.6 Å². The van der Waals surface area contributed by atoms with Crippen LogP contribution >= 0.6 is 34.7 Å². The fraction of sp³-hybridized carbons (Fsp3) is 0.167. The van der Waals surface area contributed by atoms with Crippen molar-refractivity contribution in [2.75, 3.05) is 11.1 Å². The lowest BCUT2D eigenvalue weighted by Gasteiger charge is -2.07. The predicted octanol–water partition coefficient (Wildman–Crippen LogP) is 4.89. The van der Waals surface area contributed by atoms with Gasteiger partial charge in [0.2, 0.25) is 5.91 Å². The summed E-state index contributed by atoms with van der Waals surface area (Å²) in [5.41, 5.74) is 1.70. The molecule has 3 rings (SSSR count). The van der Waals surface area contributed by atoms with Crippen LogP contribution in [0.25, 0.3) is 11.4 Å². The fourth-order valence-corrected chi connectivity index (χ4v) is 3.98. The number of anilines is 1. The van der Waals surface area contributed by atoms with Crippen molar-refractivity contribution < 1.29 is 4.79 Å². The molecule has 1 amide bonds. The van der Waals surface area contributed by atoms with Crippen molar-refractivity contribution in [3.63, 3.8) is 0 Å². The molecule has 0 saturated carbocycles. The van der Waals surface area contributed by atoms with Gasteiger partial charge >= 0.3 is 0 Å². The van der Waals surface area contributed by atoms with Gasteiger partial charge < -0.3 is 5.32 Å². The number of aryl methyl sites for hydroxylation is 1. The average Bonchev–Trinajstić information content (AvgIpc) is 3.19. The van der Waals surface area contributed by atoms with E-state index in [1.165, 1.54) is 16.6 Å². The first-order valence-electron chi connectivity index (χ1n) is 7.84. The number of hydrogen-bond donors (Lipinski definition) is 1. The van der Waals surface area contributed by atoms with Crippen LogP contribution in [0.3, 0.4) is 0 Å². The minimum absolute atomic E-state index is 0.127. The molecule has 0 atom stereocenters. The molecule has 0 unspecified atom stereocenters. The van der Waals surface area contributed by atoms with Gasteiger partial charge in [-0.2, -0.15) is 0 Å². The molecule has 0 spiro atoms. The summed E-state index contributed by atoms with van der Waals surface area (Å²) in [6.07, 6.45) is 1.79. The van der Waals surface area contributed by atoms with Crippen molar-refractivity contribution in [3.8, 4) is 11.4 Å². The van der Waals surface area contributed by atoms with E-state index in [-0.39, 0.29) is 11.7 Å². The third-order valence-electron chi connectivity index (χ3n) is 3.46. The first kappa shape index (κ1) is 18.7. The van der Waals surface area contributed by atoms with Crippen LogP contribution in [0, 0.1) is 6.92 Å². The molecule has 1 aromatic carbocycles. The quantitative estimate of drug-likeness (QED) is 0.450. The van der Waals surface area contributed by atoms with E-state index in [9.17, 15) is 4.79 Å². The zero-order chi connectivity index (χ0) is 18.5. The lowest BCUT2D eigenvalue weighted by Crippen LogP contribution is -2.14. The Bertz CT molecular complexity index is 935. The van der Waals surface area contributed by atoms with Gasteiger partial charge in [-0.1, -0.05) is 35.5 Å². The Balaban J connectivity index is 1.70. The van der Waals surface area contributed by atoms with Crippen LogP contribution in [0.15, 0.2) is 53.5 Å². The van der Waals surface area contributed by atoms with E-state index in [0.29, 0.717) is 22.4 Å². The maximum absolute atomic E-state index is 12.2. The van der Waals surface area contributed by atoms with Crippen LogP contribution in [0.5, 0.6) is 0 Å². The van der Waals surface area contributed by atoms with Gasteiger partial charge in [0.25, 0.3) is 0 Å². The molecule has 26 heavy (non-hydrogen) atoms. The number of carbonyl (C=O) groups excluding carboxylic acids is 1. The Hall–Kier alpha value is -2.09. The number of carbonyl (C=O) groups is 1. The van der Waals surface area contributed by atoms with E-state index in [0.717, 1.165) is 11.4 Å². The van der Waals surface area contributed by atoms with Crippen LogP contribution < -0.4 is 5.32 Å². The van der Waals surface area contributed by atoms with E-state index in [1.54, 1.807) is 41.7 Å². The second kappa shape index (κ2) is 8.53. The van der Waals surface area contributed by atoms with Gasteiger partial charge in [-0.15, -0.1) is 28.1 Å². The van der Waals surface area contributed by atoms with Crippen LogP contribution in [0.1, 0.15) is 4.88 Å². The van der Waals surface area contributed by atoms with E-state index in [2.05, 4.69) is 40.5 Å². The molecule has 0 fully saturated rings. The molecular formula is C18H17ClN4OS2. The van der Waals surface area contributed by atoms with Crippen LogP contribution in [-0.2, 0) is 11.3 Å². The van der Waals surface area contributed by atoms with E-state index in [1.807, 2.05) is 4.57 Å². The highest BCUT2D eigenvalue weighted by Crippen LogP contribution is 2.27. The van der Waals surface area contributed by atoms with Crippen molar-refractivity contribution in [2.24, 2.45) is 0 Å². The second-order valence-corrected chi connectivity index (χ2v) is 7.99. The largest absolute Gasteiger partial charge is 0.325 e. The van der Waals surface area contributed by atoms with Crippen molar-refractivity contribution in [3.05, 3.63) is 58.3 Å². The molecule has 0 bridgehead atoms. The number of nitrogens with zero attached hydrogens (tertiary/aromatic N) is 3. The zero-order valence-electron chi connectivity index (χ0n) is 14.1. The molecule has 0 aliphatic carbocycles. The number of thiophene rings is 1. The van der Waals surface area contributed by atoms with Gasteiger partial charge in [-0.05, 0) is 31.2 Å². The number of amides is 1. The predicted molar refractivity (Wildman–Crippen MR) is 109 cm³/mol. The summed E-state index contributed by atoms with van der Waals surface area (Å²) >= 11 is 8.94. The molecule has 8 heteroatoms. The average molecular weight is 405 g/mol. The summed E-state index contributed by atoms with van der Waals surface area (Å²) in [7, 11) is 0. The minimum Gasteiger partial charge on any atom is -0.325 e. The maximum atomic E-state index is 12.2. The molecule has 0 aliphatic rings. The summed E-state index contributed by atoms with van der Waals surface area (Å²) in [6, 6.07) is 9.14. The molecule has 0 radical (unpaired) electrons. The standard InChI is InChI=1S/C18H17ClN4OS2/c1-3-7-23-17(13-8-12(2)25-10-13)21-22-18(23)26-11-16(24)20-15-6-4-5-14(19)9-15/h3-6,8-10H,1,7,11H2,2H3,(H,20,24). The smallest absolute Gasteiger partial charge is 0.234 e. The van der Waals surface area contributed by atoms with Gasteiger partial charge in [0.15, 0.2) is 11.0 Å². The number of aromatic nitrogens is 3. The first-order chi connectivity index (χ1) is 12.6. The Kier molecular flexibility index (Phi) is 6.13. The summed E-state index contributed by atoms with van der Waals surface area (Å²) in [4.78, 5) is 13.4. The van der Waals surface area contributed by atoms with Crippen LogP contribution in [-0.4, -0.2) is 26.4 Å². The molecule has 1 N–H and O–H groups in total. The highest BCUT2D eigenvalue weighted by molar-refractivity contribution is 7.99. The molecule has 3 aromatic rings. The number of halogens is 1. The summed E-state index contributed by atoms with van der Waals surface area (Å²) < 4.78 is 1.96. The summed E-state index contributed by atoms with van der Waals surface area (Å²) in [5, 5.41) is 14.7. The second-order valence-electron chi connectivity index (χ2n) is 5.50. The van der Waals surface area contributed by atoms with Gasteiger partial charge in [0, 0.05) is 33.1 Å². The van der Waals surface area contributed by atoms with Crippen molar-refractivity contribution >= 4 is 46.3 Å². The number of allylic oxidation sites excluding steroid dienone is 1. The number of thioether (sulfide) groups is 1. The van der Waals surface area contributed by atoms with Crippen molar-refractivity contribution in [1.29, 1.82) is 0 Å². The fourth-order valence-electron chi connectivity index (χ4n) is 2.36. The number of nitrogens with one attached hydrogen (secondary N) is 1. The Labute approximate surface area is 165 Å².